The van der Waals surface area contributed by atoms with Crippen molar-refractivity contribution in [1.29, 1.82) is 0 Å². The van der Waals surface area contributed by atoms with Gasteiger partial charge in [0.15, 0.2) is 0 Å². The van der Waals surface area contributed by atoms with Crippen LogP contribution in [0.3, 0.4) is 0 Å². The summed E-state index contributed by atoms with van der Waals surface area (Å²) in [6.07, 6.45) is -2.26. The summed E-state index contributed by atoms with van der Waals surface area (Å²) in [4.78, 5) is 30.6. The summed E-state index contributed by atoms with van der Waals surface area (Å²) >= 11 is 0. The number of hydrogen-bond acceptors (Lipinski definition) is 4. The first-order chi connectivity index (χ1) is 16.3. The van der Waals surface area contributed by atoms with E-state index in [0.29, 0.717) is 44.0 Å². The van der Waals surface area contributed by atoms with Crippen LogP contribution in [0.25, 0.3) is 0 Å². The predicted molar refractivity (Wildman–Crippen MR) is 124 cm³/mol. The van der Waals surface area contributed by atoms with E-state index < -0.39 is 11.7 Å². The fraction of sp³-hybridized carbons (Fsp3) is 0.440. The Labute approximate surface area is 197 Å². The topological polar surface area (TPSA) is 55.9 Å². The fourth-order valence-corrected chi connectivity index (χ4v) is 4.37. The highest BCUT2D eigenvalue weighted by molar-refractivity contribution is 5.94. The van der Waals surface area contributed by atoms with Crippen LogP contribution in [-0.4, -0.2) is 67.4 Å². The van der Waals surface area contributed by atoms with Crippen LogP contribution in [0, 0.1) is 0 Å². The summed E-state index contributed by atoms with van der Waals surface area (Å²) in [5.74, 6) is -0.0536. The van der Waals surface area contributed by atoms with Gasteiger partial charge in [-0.2, -0.15) is 13.2 Å². The Morgan fingerprint density at radius 3 is 2.21 bits per heavy atom. The predicted octanol–water partition coefficient (Wildman–Crippen LogP) is 3.38. The van der Waals surface area contributed by atoms with E-state index in [0.717, 1.165) is 37.6 Å². The van der Waals surface area contributed by atoms with Gasteiger partial charge in [0, 0.05) is 57.1 Å². The summed E-state index contributed by atoms with van der Waals surface area (Å²) < 4.78 is 38.9. The lowest BCUT2D eigenvalue weighted by Crippen LogP contribution is -2.49. The number of alkyl halides is 3. The molecule has 2 saturated heterocycles. The number of nitrogens with zero attached hydrogens (tertiary/aromatic N) is 3. The number of amides is 2. The van der Waals surface area contributed by atoms with Crippen LogP contribution in [0.2, 0.25) is 0 Å². The second-order valence-electron chi connectivity index (χ2n) is 8.78. The van der Waals surface area contributed by atoms with Crippen molar-refractivity contribution >= 4 is 17.5 Å². The molecule has 2 heterocycles. The van der Waals surface area contributed by atoms with Crippen molar-refractivity contribution in [2.75, 3.05) is 50.7 Å². The van der Waals surface area contributed by atoms with E-state index in [9.17, 15) is 22.8 Å². The van der Waals surface area contributed by atoms with Gasteiger partial charge in [-0.3, -0.25) is 14.5 Å². The Hall–Kier alpha value is -3.07. The maximum atomic E-state index is 13.0. The van der Waals surface area contributed by atoms with Crippen LogP contribution < -0.4 is 10.2 Å². The molecule has 1 N–H and O–H groups in total. The van der Waals surface area contributed by atoms with Crippen molar-refractivity contribution in [2.45, 2.75) is 25.6 Å². The Kier molecular flexibility index (Phi) is 7.41. The normalized spacial score (nSPS) is 17.1. The van der Waals surface area contributed by atoms with E-state index in [1.165, 1.54) is 12.1 Å². The van der Waals surface area contributed by atoms with Crippen molar-refractivity contribution in [3.63, 3.8) is 0 Å². The summed E-state index contributed by atoms with van der Waals surface area (Å²) in [5.41, 5.74) is 1.47. The van der Waals surface area contributed by atoms with Crippen LogP contribution >= 0.6 is 0 Å². The van der Waals surface area contributed by atoms with Gasteiger partial charge in [-0.15, -0.1) is 0 Å². The quantitative estimate of drug-likeness (QED) is 0.698. The molecule has 0 saturated carbocycles. The molecular formula is C25H29F3N4O2. The molecule has 34 heavy (non-hydrogen) atoms. The molecule has 2 aromatic rings. The summed E-state index contributed by atoms with van der Waals surface area (Å²) in [7, 11) is 0. The van der Waals surface area contributed by atoms with Crippen molar-refractivity contribution in [2.24, 2.45) is 0 Å². The molecule has 2 aliphatic heterocycles. The SMILES string of the molecule is O=C(CN1CCN(c2cccc(C(F)(F)F)c2)CC1)NCc1ccc(C(=O)N2CCCC2)cc1. The second kappa shape index (κ2) is 10.5. The zero-order valence-electron chi connectivity index (χ0n) is 19.0. The Morgan fingerprint density at radius 1 is 0.882 bits per heavy atom. The minimum Gasteiger partial charge on any atom is -0.369 e. The Morgan fingerprint density at radius 2 is 1.56 bits per heavy atom. The maximum absolute atomic E-state index is 13.0. The van der Waals surface area contributed by atoms with Crippen LogP contribution in [0.15, 0.2) is 48.5 Å². The third-order valence-corrected chi connectivity index (χ3v) is 6.36. The van der Waals surface area contributed by atoms with Crippen molar-refractivity contribution in [3.8, 4) is 0 Å². The van der Waals surface area contributed by atoms with Crippen LogP contribution in [0.4, 0.5) is 18.9 Å². The number of anilines is 1. The van der Waals surface area contributed by atoms with E-state index in [1.54, 1.807) is 18.2 Å². The molecule has 2 aromatic carbocycles. The molecule has 2 amide bonds. The standard InChI is InChI=1S/C25H29F3N4O2/c26-25(27,28)21-4-3-5-22(16-21)31-14-12-30(13-15-31)18-23(33)29-17-19-6-8-20(9-7-19)24(34)32-10-1-2-11-32/h3-9,16H,1-2,10-15,17-18H2,(H,29,33). The van der Waals surface area contributed by atoms with Crippen molar-refractivity contribution in [1.82, 2.24) is 15.1 Å². The van der Waals surface area contributed by atoms with Crippen LogP contribution in [0.5, 0.6) is 0 Å². The molecule has 0 aromatic heterocycles. The van der Waals surface area contributed by atoms with Gasteiger partial charge in [0.2, 0.25) is 5.91 Å². The van der Waals surface area contributed by atoms with E-state index in [2.05, 4.69) is 5.32 Å². The first-order valence-electron chi connectivity index (χ1n) is 11.6. The number of carbonyl (C=O) groups excluding carboxylic acids is 2. The largest absolute Gasteiger partial charge is 0.416 e. The highest BCUT2D eigenvalue weighted by Gasteiger charge is 2.31. The van der Waals surface area contributed by atoms with Gasteiger partial charge < -0.3 is 15.1 Å². The first kappa shape index (κ1) is 24.1. The molecule has 4 rings (SSSR count). The second-order valence-corrected chi connectivity index (χ2v) is 8.78. The molecule has 0 spiro atoms. The van der Waals surface area contributed by atoms with Gasteiger partial charge in [-0.1, -0.05) is 18.2 Å². The monoisotopic (exact) mass is 474 g/mol. The molecule has 0 radical (unpaired) electrons. The van der Waals surface area contributed by atoms with E-state index in [-0.39, 0.29) is 18.4 Å². The number of carbonyl (C=O) groups is 2. The number of rotatable bonds is 6. The number of nitrogens with one attached hydrogen (secondary N) is 1. The average molecular weight is 475 g/mol. The van der Waals surface area contributed by atoms with Gasteiger partial charge in [0.05, 0.1) is 12.1 Å². The number of halogens is 3. The van der Waals surface area contributed by atoms with Gasteiger partial charge in [-0.05, 0) is 48.7 Å². The van der Waals surface area contributed by atoms with Crippen molar-refractivity contribution in [3.05, 3.63) is 65.2 Å². The van der Waals surface area contributed by atoms with E-state index in [4.69, 9.17) is 0 Å². The lowest BCUT2D eigenvalue weighted by atomic mass is 10.1. The molecule has 0 aliphatic carbocycles. The lowest BCUT2D eigenvalue weighted by Gasteiger charge is -2.36. The molecular weight excluding hydrogens is 445 g/mol. The third-order valence-electron chi connectivity index (χ3n) is 6.36. The molecule has 2 aliphatic rings. The zero-order chi connectivity index (χ0) is 24.1. The Balaban J connectivity index is 1.21. The summed E-state index contributed by atoms with van der Waals surface area (Å²) in [6.45, 7) is 4.54. The summed E-state index contributed by atoms with van der Waals surface area (Å²) in [6, 6.07) is 12.7. The first-order valence-corrected chi connectivity index (χ1v) is 11.6. The summed E-state index contributed by atoms with van der Waals surface area (Å²) in [5, 5.41) is 2.90. The minimum absolute atomic E-state index is 0.0531. The molecule has 0 unspecified atom stereocenters. The van der Waals surface area contributed by atoms with E-state index in [1.807, 2.05) is 26.8 Å². The number of piperazine rings is 1. The van der Waals surface area contributed by atoms with Gasteiger partial charge in [0.25, 0.3) is 5.91 Å². The average Bonchev–Trinajstić information content (AvgIpc) is 3.38. The smallest absolute Gasteiger partial charge is 0.369 e. The van der Waals surface area contributed by atoms with Gasteiger partial charge in [-0.25, -0.2) is 0 Å². The van der Waals surface area contributed by atoms with E-state index >= 15 is 0 Å². The van der Waals surface area contributed by atoms with Gasteiger partial charge >= 0.3 is 6.18 Å². The lowest BCUT2D eigenvalue weighted by molar-refractivity contribution is -0.137. The Bertz CT molecular complexity index is 996. The number of benzene rings is 2. The molecule has 182 valence electrons. The maximum Gasteiger partial charge on any atom is 0.416 e. The molecule has 2 fully saturated rings. The number of likely N-dealkylation sites (tertiary alicyclic amines) is 1. The molecule has 0 atom stereocenters. The highest BCUT2D eigenvalue weighted by Crippen LogP contribution is 2.31. The number of hydrogen-bond donors (Lipinski definition) is 1. The van der Waals surface area contributed by atoms with Gasteiger partial charge in [0.1, 0.15) is 0 Å². The zero-order valence-corrected chi connectivity index (χ0v) is 19.0. The fourth-order valence-electron chi connectivity index (χ4n) is 4.37. The molecule has 6 nitrogen and oxygen atoms in total. The van der Waals surface area contributed by atoms with Crippen LogP contribution in [0.1, 0.15) is 34.3 Å². The van der Waals surface area contributed by atoms with Crippen molar-refractivity contribution < 1.29 is 22.8 Å². The van der Waals surface area contributed by atoms with Crippen LogP contribution in [-0.2, 0) is 17.5 Å². The highest BCUT2D eigenvalue weighted by atomic mass is 19.4. The molecule has 0 bridgehead atoms. The minimum atomic E-state index is -4.36. The molecule has 9 heteroatoms. The third kappa shape index (κ3) is 6.08.